The third kappa shape index (κ3) is 4.75. The molecule has 28 heavy (non-hydrogen) atoms. The largest absolute Gasteiger partial charge is 0.336 e. The Labute approximate surface area is 168 Å². The molecule has 1 aromatic carbocycles. The second-order valence-corrected chi connectivity index (χ2v) is 9.43. The zero-order valence-corrected chi connectivity index (χ0v) is 17.1. The van der Waals surface area contributed by atoms with Gasteiger partial charge in [-0.25, -0.2) is 13.4 Å². The lowest BCUT2D eigenvalue weighted by molar-refractivity contribution is -0.138. The smallest absolute Gasteiger partial charge is 0.245 e. The Kier molecular flexibility index (Phi) is 6.42. The van der Waals surface area contributed by atoms with E-state index < -0.39 is 15.9 Å². The number of carbonyl (C=O) groups excluding carboxylic acids is 2. The van der Waals surface area contributed by atoms with Crippen molar-refractivity contribution in [3.05, 3.63) is 41.9 Å². The van der Waals surface area contributed by atoms with E-state index in [0.29, 0.717) is 24.5 Å². The number of hydrogen-bond acceptors (Lipinski definition) is 6. The molecule has 0 spiro atoms. The molecule has 0 bridgehead atoms. The number of nitrogens with zero attached hydrogens (tertiary/aromatic N) is 3. The Morgan fingerprint density at radius 1 is 1.32 bits per heavy atom. The first-order valence-corrected chi connectivity index (χ1v) is 11.2. The van der Waals surface area contributed by atoms with Crippen LogP contribution in [-0.2, 0) is 19.6 Å². The van der Waals surface area contributed by atoms with Crippen molar-refractivity contribution in [2.75, 3.05) is 32.0 Å². The van der Waals surface area contributed by atoms with Crippen LogP contribution in [0.25, 0.3) is 0 Å². The second-order valence-electron chi connectivity index (χ2n) is 6.59. The van der Waals surface area contributed by atoms with Gasteiger partial charge in [0.1, 0.15) is 0 Å². The summed E-state index contributed by atoms with van der Waals surface area (Å²) in [5.74, 6) is -1.04. The molecule has 1 N–H and O–H groups in total. The van der Waals surface area contributed by atoms with Crippen LogP contribution in [-0.4, -0.2) is 61.1 Å². The van der Waals surface area contributed by atoms with Crippen molar-refractivity contribution in [1.29, 1.82) is 0 Å². The first-order valence-electron chi connectivity index (χ1n) is 8.87. The fourth-order valence-corrected chi connectivity index (χ4v) is 5.24. The molecule has 2 amide bonds. The number of piperidine rings is 1. The van der Waals surface area contributed by atoms with E-state index in [0.717, 1.165) is 0 Å². The Balaban J connectivity index is 1.61. The Morgan fingerprint density at radius 2 is 2.07 bits per heavy atom. The summed E-state index contributed by atoms with van der Waals surface area (Å²) < 4.78 is 27.0. The topological polar surface area (TPSA) is 99.7 Å². The summed E-state index contributed by atoms with van der Waals surface area (Å²) in [6.07, 6.45) is 2.78. The minimum absolute atomic E-state index is 0.111. The molecule has 0 saturated carbocycles. The van der Waals surface area contributed by atoms with Gasteiger partial charge >= 0.3 is 0 Å². The second kappa shape index (κ2) is 8.80. The predicted molar refractivity (Wildman–Crippen MR) is 106 cm³/mol. The number of aromatic nitrogens is 1. The van der Waals surface area contributed by atoms with Crippen molar-refractivity contribution in [1.82, 2.24) is 14.2 Å². The number of anilines is 1. The molecule has 150 valence electrons. The highest BCUT2D eigenvalue weighted by atomic mass is 32.2. The van der Waals surface area contributed by atoms with E-state index in [4.69, 9.17) is 0 Å². The van der Waals surface area contributed by atoms with Crippen molar-refractivity contribution < 1.29 is 18.0 Å². The normalized spacial score (nSPS) is 17.8. The summed E-state index contributed by atoms with van der Waals surface area (Å²) in [5, 5.41) is 4.85. The zero-order valence-electron chi connectivity index (χ0n) is 15.4. The van der Waals surface area contributed by atoms with Gasteiger partial charge in [0.2, 0.25) is 21.8 Å². The van der Waals surface area contributed by atoms with Gasteiger partial charge in [-0.15, -0.1) is 11.3 Å². The molecule has 10 heteroatoms. The molecule has 1 atom stereocenters. The van der Waals surface area contributed by atoms with Gasteiger partial charge < -0.3 is 10.2 Å². The molecule has 2 heterocycles. The molecule has 0 aliphatic carbocycles. The summed E-state index contributed by atoms with van der Waals surface area (Å²) in [7, 11) is -2.09. The van der Waals surface area contributed by atoms with Crippen LogP contribution in [0.4, 0.5) is 5.13 Å². The van der Waals surface area contributed by atoms with Crippen molar-refractivity contribution in [3.8, 4) is 0 Å². The fraction of sp³-hybridized carbons (Fsp3) is 0.389. The van der Waals surface area contributed by atoms with Crippen LogP contribution in [0.1, 0.15) is 12.8 Å². The van der Waals surface area contributed by atoms with Gasteiger partial charge in [0, 0.05) is 31.7 Å². The highest BCUT2D eigenvalue weighted by Gasteiger charge is 2.34. The van der Waals surface area contributed by atoms with E-state index >= 15 is 0 Å². The van der Waals surface area contributed by atoms with Crippen LogP contribution in [0.3, 0.4) is 0 Å². The number of benzene rings is 1. The maximum absolute atomic E-state index is 12.8. The SMILES string of the molecule is CN(CC(=O)Nc1nccs1)C(=O)C1CCCN(S(=O)(=O)c2ccccc2)C1. The van der Waals surface area contributed by atoms with Crippen LogP contribution in [0.2, 0.25) is 0 Å². The third-order valence-electron chi connectivity index (χ3n) is 4.55. The van der Waals surface area contributed by atoms with Crippen molar-refractivity contribution in [2.24, 2.45) is 5.92 Å². The number of thiazole rings is 1. The maximum Gasteiger partial charge on any atom is 0.245 e. The van der Waals surface area contributed by atoms with E-state index in [-0.39, 0.29) is 29.8 Å². The summed E-state index contributed by atoms with van der Waals surface area (Å²) in [6.45, 7) is 0.393. The average molecular weight is 423 g/mol. The molecule has 1 aliphatic heterocycles. The van der Waals surface area contributed by atoms with E-state index in [2.05, 4.69) is 10.3 Å². The summed E-state index contributed by atoms with van der Waals surface area (Å²) in [4.78, 5) is 30.4. The van der Waals surface area contributed by atoms with Gasteiger partial charge in [0.05, 0.1) is 17.4 Å². The quantitative estimate of drug-likeness (QED) is 0.763. The molecule has 0 radical (unpaired) electrons. The monoisotopic (exact) mass is 422 g/mol. The molecular formula is C18H22N4O4S2. The molecule has 8 nitrogen and oxygen atoms in total. The Bertz CT molecular complexity index is 916. The number of sulfonamides is 1. The van der Waals surface area contributed by atoms with E-state index in [9.17, 15) is 18.0 Å². The number of carbonyl (C=O) groups is 2. The van der Waals surface area contributed by atoms with Crippen LogP contribution in [0, 0.1) is 5.92 Å². The molecule has 1 aliphatic rings. The molecular weight excluding hydrogens is 400 g/mol. The Hall–Kier alpha value is -2.30. The number of hydrogen-bond donors (Lipinski definition) is 1. The summed E-state index contributed by atoms with van der Waals surface area (Å²) in [5.41, 5.74) is 0. The third-order valence-corrected chi connectivity index (χ3v) is 7.12. The first kappa shape index (κ1) is 20.4. The summed E-state index contributed by atoms with van der Waals surface area (Å²) in [6, 6.07) is 8.21. The first-order chi connectivity index (χ1) is 13.4. The van der Waals surface area contributed by atoms with E-state index in [1.165, 1.54) is 20.5 Å². The zero-order chi connectivity index (χ0) is 20.1. The number of amides is 2. The molecule has 1 saturated heterocycles. The molecule has 1 aromatic heterocycles. The lowest BCUT2D eigenvalue weighted by Gasteiger charge is -2.33. The van der Waals surface area contributed by atoms with Gasteiger partial charge in [-0.2, -0.15) is 4.31 Å². The summed E-state index contributed by atoms with van der Waals surface area (Å²) >= 11 is 1.30. The molecule has 1 unspecified atom stereocenters. The van der Waals surface area contributed by atoms with E-state index in [1.54, 1.807) is 49.0 Å². The standard InChI is InChI=1S/C18H22N4O4S2/c1-21(13-16(23)20-18-19-9-11-27-18)17(24)14-6-5-10-22(12-14)28(25,26)15-7-3-2-4-8-15/h2-4,7-9,11,14H,5-6,10,12-13H2,1H3,(H,19,20,23). The Morgan fingerprint density at radius 3 is 2.75 bits per heavy atom. The van der Waals surface area contributed by atoms with Gasteiger partial charge in [-0.3, -0.25) is 9.59 Å². The number of rotatable bonds is 6. The van der Waals surface area contributed by atoms with Crippen LogP contribution >= 0.6 is 11.3 Å². The molecule has 2 aromatic rings. The van der Waals surface area contributed by atoms with Crippen molar-refractivity contribution >= 4 is 38.3 Å². The van der Waals surface area contributed by atoms with Gasteiger partial charge in [-0.05, 0) is 25.0 Å². The van der Waals surface area contributed by atoms with Crippen LogP contribution < -0.4 is 5.32 Å². The highest BCUT2D eigenvalue weighted by Crippen LogP contribution is 2.24. The molecule has 1 fully saturated rings. The van der Waals surface area contributed by atoms with Gasteiger partial charge in [-0.1, -0.05) is 18.2 Å². The number of likely N-dealkylation sites (N-methyl/N-ethyl adjacent to an activating group) is 1. The number of nitrogens with one attached hydrogen (secondary N) is 1. The highest BCUT2D eigenvalue weighted by molar-refractivity contribution is 7.89. The maximum atomic E-state index is 12.8. The predicted octanol–water partition coefficient (Wildman–Crippen LogP) is 1.64. The average Bonchev–Trinajstić information content (AvgIpc) is 3.21. The lowest BCUT2D eigenvalue weighted by Crippen LogP contribution is -2.47. The van der Waals surface area contributed by atoms with Crippen molar-refractivity contribution in [3.63, 3.8) is 0 Å². The lowest BCUT2D eigenvalue weighted by atomic mass is 9.98. The van der Waals surface area contributed by atoms with Gasteiger partial charge in [0.25, 0.3) is 0 Å². The van der Waals surface area contributed by atoms with E-state index in [1.807, 2.05) is 0 Å². The van der Waals surface area contributed by atoms with Crippen molar-refractivity contribution in [2.45, 2.75) is 17.7 Å². The van der Waals surface area contributed by atoms with Crippen LogP contribution in [0.15, 0.2) is 46.8 Å². The van der Waals surface area contributed by atoms with Crippen LogP contribution in [0.5, 0.6) is 0 Å². The molecule has 3 rings (SSSR count). The fourth-order valence-electron chi connectivity index (χ4n) is 3.15. The minimum Gasteiger partial charge on any atom is -0.336 e. The minimum atomic E-state index is -3.64. The van der Waals surface area contributed by atoms with Gasteiger partial charge in [0.15, 0.2) is 5.13 Å².